The van der Waals surface area contributed by atoms with Crippen LogP contribution < -0.4 is 11.1 Å². The topological polar surface area (TPSA) is 118 Å². The number of nitrogens with zero attached hydrogens (tertiary/aromatic N) is 6. The number of hydrogen-bond acceptors (Lipinski definition) is 9. The van der Waals surface area contributed by atoms with E-state index in [2.05, 4.69) is 45.2 Å². The third-order valence-corrected chi connectivity index (χ3v) is 6.19. The summed E-state index contributed by atoms with van der Waals surface area (Å²) in [4.78, 5) is 18.3. The van der Waals surface area contributed by atoms with Crippen LogP contribution in [0.5, 0.6) is 0 Å². The maximum atomic E-state index is 9.61. The fourth-order valence-electron chi connectivity index (χ4n) is 2.95. The first kappa shape index (κ1) is 19.6. The summed E-state index contributed by atoms with van der Waals surface area (Å²) in [5.74, 6) is 0.922. The number of benzene rings is 1. The molecule has 0 aliphatic rings. The van der Waals surface area contributed by atoms with E-state index in [1.165, 1.54) is 29.4 Å². The Morgan fingerprint density at radius 3 is 2.97 bits per heavy atom. The van der Waals surface area contributed by atoms with Gasteiger partial charge < -0.3 is 15.6 Å². The van der Waals surface area contributed by atoms with E-state index in [1.54, 1.807) is 5.51 Å². The summed E-state index contributed by atoms with van der Waals surface area (Å²) < 4.78 is 3.02. The molecular weight excluding hydrogens is 404 g/mol. The van der Waals surface area contributed by atoms with Crippen LogP contribution in [0.4, 0.5) is 5.82 Å². The predicted octanol–water partition coefficient (Wildman–Crippen LogP) is 3.29. The minimum Gasteiger partial charge on any atom is -0.382 e. The van der Waals surface area contributed by atoms with Crippen molar-refractivity contribution in [3.05, 3.63) is 29.5 Å². The van der Waals surface area contributed by atoms with E-state index < -0.39 is 0 Å². The number of fused-ring (bicyclic) bond motifs is 2. The molecule has 0 amide bonds. The Balaban J connectivity index is 1.72. The predicted molar refractivity (Wildman–Crippen MR) is 116 cm³/mol. The number of nitrogen functional groups attached to an aromatic ring is 1. The molecule has 4 aromatic rings. The summed E-state index contributed by atoms with van der Waals surface area (Å²) in [7, 11) is 0. The van der Waals surface area contributed by atoms with Crippen molar-refractivity contribution in [1.29, 1.82) is 5.26 Å². The van der Waals surface area contributed by atoms with Crippen LogP contribution in [0.15, 0.2) is 34.0 Å². The van der Waals surface area contributed by atoms with Crippen LogP contribution in [0.2, 0.25) is 0 Å². The van der Waals surface area contributed by atoms with Crippen molar-refractivity contribution >= 4 is 50.3 Å². The molecule has 0 atom stereocenters. The Hall–Kier alpha value is -2.74. The number of imidazole rings is 1. The van der Waals surface area contributed by atoms with Crippen LogP contribution in [-0.4, -0.2) is 37.6 Å². The number of hydrogen-bond donors (Lipinski definition) is 2. The van der Waals surface area contributed by atoms with Gasteiger partial charge in [0.05, 0.1) is 21.3 Å². The molecule has 4 rings (SSSR count). The van der Waals surface area contributed by atoms with E-state index >= 15 is 0 Å². The normalized spacial score (nSPS) is 11.5. The average molecular weight is 425 g/mol. The molecule has 0 bridgehead atoms. The van der Waals surface area contributed by atoms with Gasteiger partial charge in [0.2, 0.25) is 0 Å². The number of aromatic nitrogens is 5. The second-order valence-electron chi connectivity index (χ2n) is 6.96. The number of nitrogens with two attached hydrogens (primary N) is 1. The fraction of sp³-hybridized carbons (Fsp3) is 0.316. The van der Waals surface area contributed by atoms with E-state index in [0.717, 1.165) is 33.4 Å². The Morgan fingerprint density at radius 2 is 2.17 bits per heavy atom. The van der Waals surface area contributed by atoms with Gasteiger partial charge in [-0.2, -0.15) is 5.26 Å². The van der Waals surface area contributed by atoms with Gasteiger partial charge in [-0.3, -0.25) is 0 Å². The summed E-state index contributed by atoms with van der Waals surface area (Å²) in [5.41, 5.74) is 10.6. The highest BCUT2D eigenvalue weighted by Gasteiger charge is 2.18. The Bertz CT molecular complexity index is 1200. The van der Waals surface area contributed by atoms with Crippen LogP contribution in [0, 0.1) is 17.2 Å². The minimum absolute atomic E-state index is 0.348. The highest BCUT2D eigenvalue weighted by atomic mass is 32.2. The molecule has 0 saturated carbocycles. The van der Waals surface area contributed by atoms with Gasteiger partial charge in [0.15, 0.2) is 22.1 Å². The molecule has 0 fully saturated rings. The Kier molecular flexibility index (Phi) is 5.62. The lowest BCUT2D eigenvalue weighted by molar-refractivity contribution is 0.516. The summed E-state index contributed by atoms with van der Waals surface area (Å²) in [5, 5.41) is 13.8. The first-order valence-corrected chi connectivity index (χ1v) is 10.9. The quantitative estimate of drug-likeness (QED) is 0.434. The van der Waals surface area contributed by atoms with Gasteiger partial charge >= 0.3 is 0 Å². The lowest BCUT2D eigenvalue weighted by Crippen LogP contribution is -2.24. The second-order valence-corrected chi connectivity index (χ2v) is 8.85. The molecule has 0 unspecified atom stereocenters. The molecule has 8 nitrogen and oxygen atoms in total. The average Bonchev–Trinajstić information content (AvgIpc) is 3.29. The first-order valence-electron chi connectivity index (χ1n) is 9.19. The lowest BCUT2D eigenvalue weighted by Gasteiger charge is -2.11. The van der Waals surface area contributed by atoms with Crippen molar-refractivity contribution in [2.45, 2.75) is 30.4 Å². The maximum absolute atomic E-state index is 9.61. The third kappa shape index (κ3) is 4.03. The molecule has 3 heterocycles. The Morgan fingerprint density at radius 1 is 1.31 bits per heavy atom. The molecule has 0 spiro atoms. The van der Waals surface area contributed by atoms with Crippen molar-refractivity contribution in [2.24, 2.45) is 5.92 Å². The second kappa shape index (κ2) is 8.32. The van der Waals surface area contributed by atoms with Crippen LogP contribution in [0.3, 0.4) is 0 Å². The van der Waals surface area contributed by atoms with Crippen molar-refractivity contribution in [3.63, 3.8) is 0 Å². The van der Waals surface area contributed by atoms with Gasteiger partial charge in [0.1, 0.15) is 12.4 Å². The van der Waals surface area contributed by atoms with Gasteiger partial charge in [-0.25, -0.2) is 19.9 Å². The highest BCUT2D eigenvalue weighted by molar-refractivity contribution is 7.99. The first-order chi connectivity index (χ1) is 14.1. The van der Waals surface area contributed by atoms with Crippen molar-refractivity contribution < 1.29 is 0 Å². The van der Waals surface area contributed by atoms with Crippen LogP contribution >= 0.6 is 23.1 Å². The monoisotopic (exact) mass is 424 g/mol. The van der Waals surface area contributed by atoms with Gasteiger partial charge in [0, 0.05) is 18.0 Å². The van der Waals surface area contributed by atoms with Gasteiger partial charge in [-0.15, -0.1) is 11.3 Å². The van der Waals surface area contributed by atoms with E-state index in [1.807, 2.05) is 16.7 Å². The van der Waals surface area contributed by atoms with E-state index in [9.17, 15) is 5.26 Å². The standard InChI is InChI=1S/C19H20N8S2/c1-11(2)8-22-3-4-27-18-16(17(21)23-9-24-18)26-19(27)29-14-6-13-15(28-10-25-13)5-12(14)7-20/h5-6,9-11,22H,3-4,8H2,1-2H3,(H2,21,23,24). The molecule has 3 N–H and O–H groups in total. The highest BCUT2D eigenvalue weighted by Crippen LogP contribution is 2.35. The van der Waals surface area contributed by atoms with Gasteiger partial charge in [-0.05, 0) is 24.6 Å². The van der Waals surface area contributed by atoms with Crippen molar-refractivity contribution in [1.82, 2.24) is 29.8 Å². The SMILES string of the molecule is CC(C)CNCCn1c(Sc2cc3ncsc3cc2C#N)nc2c(N)ncnc21. The molecule has 148 valence electrons. The summed E-state index contributed by atoms with van der Waals surface area (Å²) in [6.07, 6.45) is 1.45. The van der Waals surface area contributed by atoms with E-state index in [4.69, 9.17) is 5.73 Å². The zero-order valence-corrected chi connectivity index (χ0v) is 17.7. The van der Waals surface area contributed by atoms with Gasteiger partial charge in [0.25, 0.3) is 0 Å². The number of nitrogens with one attached hydrogen (secondary N) is 1. The zero-order valence-electron chi connectivity index (χ0n) is 16.1. The van der Waals surface area contributed by atoms with Crippen LogP contribution in [-0.2, 0) is 6.54 Å². The van der Waals surface area contributed by atoms with Gasteiger partial charge in [-0.1, -0.05) is 25.6 Å². The van der Waals surface area contributed by atoms with E-state index in [-0.39, 0.29) is 0 Å². The molecule has 10 heteroatoms. The molecule has 1 aromatic carbocycles. The van der Waals surface area contributed by atoms with E-state index in [0.29, 0.717) is 35.0 Å². The molecule has 0 aliphatic carbocycles. The molecule has 0 saturated heterocycles. The molecule has 0 radical (unpaired) electrons. The number of rotatable bonds is 7. The molecular formula is C19H20N8S2. The number of thiazole rings is 1. The third-order valence-electron chi connectivity index (χ3n) is 4.34. The fourth-order valence-corrected chi connectivity index (χ4v) is 4.65. The minimum atomic E-state index is 0.348. The molecule has 0 aliphatic heterocycles. The number of nitriles is 1. The van der Waals surface area contributed by atoms with Crippen molar-refractivity contribution in [3.8, 4) is 6.07 Å². The maximum Gasteiger partial charge on any atom is 0.175 e. The zero-order chi connectivity index (χ0) is 20.4. The lowest BCUT2D eigenvalue weighted by atomic mass is 10.2. The van der Waals surface area contributed by atoms with Crippen molar-refractivity contribution in [2.75, 3.05) is 18.8 Å². The smallest absolute Gasteiger partial charge is 0.175 e. The van der Waals surface area contributed by atoms with Crippen LogP contribution in [0.1, 0.15) is 19.4 Å². The summed E-state index contributed by atoms with van der Waals surface area (Å²) in [6, 6.07) is 6.09. The Labute approximate surface area is 176 Å². The summed E-state index contributed by atoms with van der Waals surface area (Å²) in [6.45, 7) is 6.74. The molecule has 3 aromatic heterocycles. The van der Waals surface area contributed by atoms with Crippen LogP contribution in [0.25, 0.3) is 21.4 Å². The number of anilines is 1. The molecule has 29 heavy (non-hydrogen) atoms. The largest absolute Gasteiger partial charge is 0.382 e. The summed E-state index contributed by atoms with van der Waals surface area (Å²) >= 11 is 2.95.